The van der Waals surface area contributed by atoms with Gasteiger partial charge in [-0.3, -0.25) is 19.7 Å². The molecule has 142 valence electrons. The van der Waals surface area contributed by atoms with Crippen LogP contribution in [0, 0.1) is 10.1 Å². The predicted molar refractivity (Wildman–Crippen MR) is 100.0 cm³/mol. The number of nitro groups is 1. The zero-order valence-electron chi connectivity index (χ0n) is 14.7. The lowest BCUT2D eigenvalue weighted by Crippen LogP contribution is -2.38. The van der Waals surface area contributed by atoms with Crippen LogP contribution in [0.1, 0.15) is 28.9 Å². The standard InChI is InChI=1S/C18H18ClN3O5/c1-11(12-4-3-5-14(19)8-12)21-17(23)10-20-18(24)13-6-7-16(27-2)15(9-13)22(25)26/h3-9,11H,10H2,1-2H3,(H,20,24)(H,21,23)/t11-/m0/s1. The third-order valence-corrected chi connectivity index (χ3v) is 4.01. The zero-order chi connectivity index (χ0) is 20.0. The highest BCUT2D eigenvalue weighted by atomic mass is 35.5. The molecule has 27 heavy (non-hydrogen) atoms. The number of halogens is 1. The first kappa shape index (κ1) is 20.2. The van der Waals surface area contributed by atoms with Crippen LogP contribution in [0.4, 0.5) is 5.69 Å². The van der Waals surface area contributed by atoms with Crippen molar-refractivity contribution in [2.45, 2.75) is 13.0 Å². The van der Waals surface area contributed by atoms with E-state index in [1.54, 1.807) is 25.1 Å². The second-order valence-corrected chi connectivity index (χ2v) is 6.11. The number of benzene rings is 2. The predicted octanol–water partition coefficient (Wildman–Crippen LogP) is 2.86. The first-order chi connectivity index (χ1) is 12.8. The Morgan fingerprint density at radius 2 is 2.00 bits per heavy atom. The van der Waals surface area contributed by atoms with Gasteiger partial charge in [-0.2, -0.15) is 0 Å². The van der Waals surface area contributed by atoms with Gasteiger partial charge in [0, 0.05) is 16.7 Å². The molecule has 2 rings (SSSR count). The van der Waals surface area contributed by atoms with E-state index in [1.807, 2.05) is 6.07 Å². The van der Waals surface area contributed by atoms with Crippen molar-refractivity contribution >= 4 is 29.1 Å². The van der Waals surface area contributed by atoms with Gasteiger partial charge >= 0.3 is 5.69 Å². The molecule has 2 aromatic carbocycles. The Hall–Kier alpha value is -3.13. The number of hydrogen-bond acceptors (Lipinski definition) is 5. The van der Waals surface area contributed by atoms with Crippen molar-refractivity contribution in [3.63, 3.8) is 0 Å². The van der Waals surface area contributed by atoms with Crippen LogP contribution in [-0.2, 0) is 4.79 Å². The third kappa shape index (κ3) is 5.42. The Bertz CT molecular complexity index is 872. The highest BCUT2D eigenvalue weighted by molar-refractivity contribution is 6.30. The summed E-state index contributed by atoms with van der Waals surface area (Å²) in [6.45, 7) is 1.52. The minimum atomic E-state index is -0.644. The Morgan fingerprint density at radius 3 is 2.63 bits per heavy atom. The topological polar surface area (TPSA) is 111 Å². The first-order valence-corrected chi connectivity index (χ1v) is 8.35. The molecule has 0 saturated heterocycles. The lowest BCUT2D eigenvalue weighted by atomic mass is 10.1. The molecule has 0 aliphatic carbocycles. The van der Waals surface area contributed by atoms with E-state index in [9.17, 15) is 19.7 Å². The molecule has 0 bridgehead atoms. The first-order valence-electron chi connectivity index (χ1n) is 7.97. The lowest BCUT2D eigenvalue weighted by molar-refractivity contribution is -0.385. The number of nitrogens with zero attached hydrogens (tertiary/aromatic N) is 1. The van der Waals surface area contributed by atoms with Crippen molar-refractivity contribution in [3.8, 4) is 5.75 Å². The molecule has 0 spiro atoms. The number of nitrogens with one attached hydrogen (secondary N) is 2. The van der Waals surface area contributed by atoms with Gasteiger partial charge in [-0.05, 0) is 36.8 Å². The van der Waals surface area contributed by atoms with Crippen molar-refractivity contribution in [1.82, 2.24) is 10.6 Å². The summed E-state index contributed by atoms with van der Waals surface area (Å²) in [6, 6.07) is 10.6. The molecule has 0 radical (unpaired) electrons. The van der Waals surface area contributed by atoms with E-state index in [0.29, 0.717) is 5.02 Å². The number of nitro benzene ring substituents is 1. The van der Waals surface area contributed by atoms with Gasteiger partial charge < -0.3 is 15.4 Å². The van der Waals surface area contributed by atoms with Gasteiger partial charge in [0.2, 0.25) is 5.91 Å². The second kappa shape index (κ2) is 9.00. The monoisotopic (exact) mass is 391 g/mol. The molecule has 8 nitrogen and oxygen atoms in total. The van der Waals surface area contributed by atoms with Gasteiger partial charge in [-0.15, -0.1) is 0 Å². The van der Waals surface area contributed by atoms with Crippen LogP contribution in [0.25, 0.3) is 0 Å². The van der Waals surface area contributed by atoms with Crippen molar-refractivity contribution in [3.05, 3.63) is 68.7 Å². The summed E-state index contributed by atoms with van der Waals surface area (Å²) in [6.07, 6.45) is 0. The summed E-state index contributed by atoms with van der Waals surface area (Å²) in [5, 5.41) is 16.7. The van der Waals surface area contributed by atoms with E-state index in [0.717, 1.165) is 11.6 Å². The van der Waals surface area contributed by atoms with Crippen LogP contribution in [0.3, 0.4) is 0 Å². The van der Waals surface area contributed by atoms with Crippen LogP contribution in [-0.4, -0.2) is 30.4 Å². The molecule has 0 unspecified atom stereocenters. The second-order valence-electron chi connectivity index (χ2n) is 5.67. The van der Waals surface area contributed by atoms with E-state index in [1.165, 1.54) is 19.2 Å². The van der Waals surface area contributed by atoms with Crippen molar-refractivity contribution in [2.24, 2.45) is 0 Å². The van der Waals surface area contributed by atoms with Gasteiger partial charge in [0.15, 0.2) is 5.75 Å². The average molecular weight is 392 g/mol. The number of hydrogen-bond donors (Lipinski definition) is 2. The summed E-state index contributed by atoms with van der Waals surface area (Å²) in [7, 11) is 1.30. The van der Waals surface area contributed by atoms with Crippen LogP contribution >= 0.6 is 11.6 Å². The Balaban J connectivity index is 1.96. The average Bonchev–Trinajstić information content (AvgIpc) is 2.65. The zero-order valence-corrected chi connectivity index (χ0v) is 15.4. The van der Waals surface area contributed by atoms with Crippen LogP contribution < -0.4 is 15.4 Å². The summed E-state index contributed by atoms with van der Waals surface area (Å²) in [5.41, 5.74) is 0.551. The summed E-state index contributed by atoms with van der Waals surface area (Å²) in [4.78, 5) is 34.6. The van der Waals surface area contributed by atoms with E-state index in [2.05, 4.69) is 10.6 Å². The Kier molecular flexibility index (Phi) is 6.73. The summed E-state index contributed by atoms with van der Waals surface area (Å²) in [5.74, 6) is -0.963. The van der Waals surface area contributed by atoms with Crippen LogP contribution in [0.5, 0.6) is 5.75 Å². The van der Waals surface area contributed by atoms with Gasteiger partial charge in [-0.1, -0.05) is 23.7 Å². The maximum absolute atomic E-state index is 12.2. The van der Waals surface area contributed by atoms with Crippen molar-refractivity contribution < 1.29 is 19.2 Å². The fourth-order valence-corrected chi connectivity index (χ4v) is 2.59. The molecule has 2 aromatic rings. The van der Waals surface area contributed by atoms with E-state index in [4.69, 9.17) is 16.3 Å². The molecule has 1 atom stereocenters. The van der Waals surface area contributed by atoms with Gasteiger partial charge in [0.1, 0.15) is 0 Å². The Morgan fingerprint density at radius 1 is 1.26 bits per heavy atom. The van der Waals surface area contributed by atoms with Gasteiger partial charge in [0.25, 0.3) is 5.91 Å². The number of carbonyl (C=O) groups excluding carboxylic acids is 2. The van der Waals surface area contributed by atoms with E-state index in [-0.39, 0.29) is 29.6 Å². The summed E-state index contributed by atoms with van der Waals surface area (Å²) >= 11 is 5.93. The molecule has 0 heterocycles. The minimum Gasteiger partial charge on any atom is -0.490 e. The largest absolute Gasteiger partial charge is 0.490 e. The van der Waals surface area contributed by atoms with Crippen molar-refractivity contribution in [2.75, 3.05) is 13.7 Å². The van der Waals surface area contributed by atoms with E-state index < -0.39 is 16.7 Å². The number of ether oxygens (including phenoxy) is 1. The number of amides is 2. The molecule has 2 N–H and O–H groups in total. The van der Waals surface area contributed by atoms with Crippen LogP contribution in [0.15, 0.2) is 42.5 Å². The fourth-order valence-electron chi connectivity index (χ4n) is 2.39. The minimum absolute atomic E-state index is 0.0460. The normalized spacial score (nSPS) is 11.4. The maximum Gasteiger partial charge on any atom is 0.311 e. The molecule has 0 aliphatic rings. The highest BCUT2D eigenvalue weighted by Crippen LogP contribution is 2.27. The van der Waals surface area contributed by atoms with E-state index >= 15 is 0 Å². The Labute approximate surface area is 160 Å². The SMILES string of the molecule is COc1ccc(C(=O)NCC(=O)N[C@@H](C)c2cccc(Cl)c2)cc1[N+](=O)[O-]. The number of carbonyl (C=O) groups is 2. The van der Waals surface area contributed by atoms with Gasteiger partial charge in [-0.25, -0.2) is 0 Å². The maximum atomic E-state index is 12.2. The highest BCUT2D eigenvalue weighted by Gasteiger charge is 2.19. The van der Waals surface area contributed by atoms with Gasteiger partial charge in [0.05, 0.1) is 24.6 Å². The molecule has 9 heteroatoms. The molecule has 2 amide bonds. The lowest BCUT2D eigenvalue weighted by Gasteiger charge is -2.15. The molecule has 0 fully saturated rings. The molecule has 0 aromatic heterocycles. The quantitative estimate of drug-likeness (QED) is 0.557. The molecule has 0 aliphatic heterocycles. The van der Waals surface area contributed by atoms with Crippen molar-refractivity contribution in [1.29, 1.82) is 0 Å². The third-order valence-electron chi connectivity index (χ3n) is 3.77. The molecular formula is C18H18ClN3O5. The molecule has 0 saturated carbocycles. The summed E-state index contributed by atoms with van der Waals surface area (Å²) < 4.78 is 4.89. The fraction of sp³-hybridized carbons (Fsp3) is 0.222. The number of rotatable bonds is 7. The smallest absolute Gasteiger partial charge is 0.311 e. The number of methoxy groups -OCH3 is 1. The molecular weight excluding hydrogens is 374 g/mol. The van der Waals surface area contributed by atoms with Crippen LogP contribution in [0.2, 0.25) is 5.02 Å².